The average molecular weight is 414 g/mol. The molecule has 19 heavy (non-hydrogen) atoms. The molecule has 0 aromatic heterocycles. The van der Waals surface area contributed by atoms with Crippen LogP contribution in [0.5, 0.6) is 0 Å². The average Bonchev–Trinajstić information content (AvgIpc) is 2.30. The number of alkyl halides is 3. The summed E-state index contributed by atoms with van der Waals surface area (Å²) in [6, 6.07) is 12.7. The number of rotatable bonds is 2. The monoisotopic (exact) mass is 413 g/mol. The van der Waals surface area contributed by atoms with E-state index in [0.717, 1.165) is 9.13 Å². The first kappa shape index (κ1) is 15.0. The third-order valence-corrected chi connectivity index (χ3v) is 3.92. The van der Waals surface area contributed by atoms with E-state index in [9.17, 15) is 13.2 Å². The van der Waals surface area contributed by atoms with E-state index < -0.39 is 5.51 Å². The molecule has 0 bridgehead atoms. The van der Waals surface area contributed by atoms with E-state index in [1.807, 2.05) is 18.2 Å². The van der Waals surface area contributed by atoms with Gasteiger partial charge in [-0.2, -0.15) is 13.2 Å². The zero-order valence-corrected chi connectivity index (χ0v) is 13.0. The summed E-state index contributed by atoms with van der Waals surface area (Å²) in [5, 5.41) is 0.313. The largest absolute Gasteiger partial charge is 0.446 e. The van der Waals surface area contributed by atoms with Gasteiger partial charge in [0.15, 0.2) is 0 Å². The third-order valence-electron chi connectivity index (χ3n) is 2.23. The van der Waals surface area contributed by atoms with Crippen molar-refractivity contribution < 1.29 is 13.2 Å². The van der Waals surface area contributed by atoms with Crippen molar-refractivity contribution in [3.8, 4) is 11.1 Å². The molecule has 0 aliphatic heterocycles. The molecule has 0 aliphatic carbocycles. The van der Waals surface area contributed by atoms with Gasteiger partial charge in [0, 0.05) is 20.1 Å². The van der Waals surface area contributed by atoms with Crippen molar-refractivity contribution in [3.63, 3.8) is 0 Å². The second kappa shape index (κ2) is 5.93. The van der Waals surface area contributed by atoms with Gasteiger partial charge in [-0.3, -0.25) is 0 Å². The van der Waals surface area contributed by atoms with E-state index in [-0.39, 0.29) is 16.7 Å². The Bertz CT molecular complexity index is 599. The van der Waals surface area contributed by atoms with Gasteiger partial charge in [-0.05, 0) is 64.2 Å². The summed E-state index contributed by atoms with van der Waals surface area (Å²) < 4.78 is 38.1. The molecule has 6 heteroatoms. The van der Waals surface area contributed by atoms with E-state index in [1.54, 1.807) is 6.07 Å². The highest BCUT2D eigenvalue weighted by molar-refractivity contribution is 14.1. The van der Waals surface area contributed by atoms with Gasteiger partial charge in [-0.25, -0.2) is 0 Å². The highest BCUT2D eigenvalue weighted by Crippen LogP contribution is 2.39. The van der Waals surface area contributed by atoms with Gasteiger partial charge in [-0.15, -0.1) is 0 Å². The Morgan fingerprint density at radius 3 is 2.58 bits per heavy atom. The molecule has 2 aromatic carbocycles. The molecule has 0 saturated heterocycles. The van der Waals surface area contributed by atoms with Crippen LogP contribution >= 0.6 is 46.0 Å². The lowest BCUT2D eigenvalue weighted by molar-refractivity contribution is -0.0328. The van der Waals surface area contributed by atoms with Crippen LogP contribution in [0, 0.1) is 9.64 Å². The fourth-order valence-electron chi connectivity index (χ4n) is 1.52. The van der Waals surface area contributed by atoms with Crippen LogP contribution in [0.4, 0.5) is 13.2 Å². The zero-order chi connectivity index (χ0) is 14.0. The smallest absolute Gasteiger partial charge is 0.160 e. The van der Waals surface area contributed by atoms with Crippen LogP contribution in [0.3, 0.4) is 0 Å². The summed E-state index contributed by atoms with van der Waals surface area (Å²) in [6.07, 6.45) is 0. The normalized spacial score (nSPS) is 11.6. The molecule has 0 aliphatic rings. The Hall–Kier alpha value is -0.400. The Morgan fingerprint density at radius 1 is 1.21 bits per heavy atom. The first-order valence-corrected chi connectivity index (χ1v) is 7.35. The van der Waals surface area contributed by atoms with Gasteiger partial charge in [0.1, 0.15) is 0 Å². The lowest BCUT2D eigenvalue weighted by Crippen LogP contribution is -1.99. The van der Waals surface area contributed by atoms with Crippen molar-refractivity contribution in [2.24, 2.45) is 0 Å². The van der Waals surface area contributed by atoms with Crippen LogP contribution < -0.4 is 0 Å². The summed E-state index contributed by atoms with van der Waals surface area (Å²) in [5.41, 5.74) is -2.99. The van der Waals surface area contributed by atoms with E-state index in [0.29, 0.717) is 10.6 Å². The van der Waals surface area contributed by atoms with Crippen LogP contribution in [0.1, 0.15) is 0 Å². The van der Waals surface area contributed by atoms with E-state index in [2.05, 4.69) is 28.7 Å². The topological polar surface area (TPSA) is 0 Å². The van der Waals surface area contributed by atoms with Crippen LogP contribution in [0.25, 0.3) is 11.1 Å². The maximum Gasteiger partial charge on any atom is 0.446 e. The Labute approximate surface area is 131 Å². The Balaban J connectivity index is 2.43. The SMILES string of the molecule is FC(F)(F)Sc1c[c]c(Cl)c(-c2cccc(I)c2)c1. The molecule has 0 N–H and O–H groups in total. The predicted molar refractivity (Wildman–Crippen MR) is 80.4 cm³/mol. The number of thioether (sulfide) groups is 1. The fourth-order valence-corrected chi connectivity index (χ4v) is 2.84. The van der Waals surface area contributed by atoms with Crippen LogP contribution in [-0.2, 0) is 0 Å². The Morgan fingerprint density at radius 2 is 1.95 bits per heavy atom. The first-order chi connectivity index (χ1) is 8.85. The molecule has 0 atom stereocenters. The van der Waals surface area contributed by atoms with Crippen LogP contribution in [0.15, 0.2) is 41.3 Å². The summed E-state index contributed by atoms with van der Waals surface area (Å²) >= 11 is 7.97. The van der Waals surface area contributed by atoms with E-state index in [4.69, 9.17) is 11.6 Å². The minimum atomic E-state index is -4.32. The quantitative estimate of drug-likeness (QED) is 0.428. The second-order valence-electron chi connectivity index (χ2n) is 3.62. The minimum Gasteiger partial charge on any atom is -0.160 e. The predicted octanol–water partition coefficient (Wildman–Crippen LogP) is 6.02. The summed E-state index contributed by atoms with van der Waals surface area (Å²) in [4.78, 5) is 0.0748. The van der Waals surface area contributed by atoms with Gasteiger partial charge >= 0.3 is 5.51 Å². The van der Waals surface area contributed by atoms with E-state index >= 15 is 0 Å². The molecule has 0 heterocycles. The third kappa shape index (κ3) is 4.29. The number of halogens is 5. The molecule has 0 amide bonds. The summed E-state index contributed by atoms with van der Waals surface area (Å²) in [5.74, 6) is 0. The molecule has 99 valence electrons. The maximum absolute atomic E-state index is 12.4. The molecular formula is C13H6ClF3IS. The molecule has 0 saturated carbocycles. The highest BCUT2D eigenvalue weighted by atomic mass is 127. The lowest BCUT2D eigenvalue weighted by atomic mass is 10.1. The number of hydrogen-bond donors (Lipinski definition) is 0. The lowest BCUT2D eigenvalue weighted by Gasteiger charge is -2.09. The molecule has 1 radical (unpaired) electrons. The van der Waals surface area contributed by atoms with E-state index in [1.165, 1.54) is 12.1 Å². The molecule has 0 spiro atoms. The first-order valence-electron chi connectivity index (χ1n) is 5.08. The van der Waals surface area contributed by atoms with Gasteiger partial charge in [-0.1, -0.05) is 23.7 Å². The van der Waals surface area contributed by atoms with Crippen molar-refractivity contribution in [2.75, 3.05) is 0 Å². The molecule has 2 rings (SSSR count). The molecule has 0 unspecified atom stereocenters. The van der Waals surface area contributed by atoms with Gasteiger partial charge in [0.25, 0.3) is 0 Å². The Kier molecular flexibility index (Phi) is 4.68. The molecule has 2 aromatic rings. The van der Waals surface area contributed by atoms with Gasteiger partial charge in [0.2, 0.25) is 0 Å². The molecular weight excluding hydrogens is 408 g/mol. The van der Waals surface area contributed by atoms with Crippen LogP contribution in [0.2, 0.25) is 5.02 Å². The minimum absolute atomic E-state index is 0.0748. The van der Waals surface area contributed by atoms with Crippen molar-refractivity contribution in [1.82, 2.24) is 0 Å². The maximum atomic E-state index is 12.4. The van der Waals surface area contributed by atoms with Crippen LogP contribution in [-0.4, -0.2) is 5.51 Å². The standard InChI is InChI=1S/C13H6ClF3IS/c14-12-5-4-10(19-13(15,16)17)7-11(12)8-2-1-3-9(18)6-8/h1-4,6-7H. The van der Waals surface area contributed by atoms with Crippen molar-refractivity contribution >= 4 is 46.0 Å². The fraction of sp³-hybridized carbons (Fsp3) is 0.0769. The number of hydrogen-bond acceptors (Lipinski definition) is 1. The second-order valence-corrected chi connectivity index (χ2v) is 6.38. The zero-order valence-electron chi connectivity index (χ0n) is 9.26. The summed E-state index contributed by atoms with van der Waals surface area (Å²) in [7, 11) is 0. The van der Waals surface area contributed by atoms with Gasteiger partial charge < -0.3 is 0 Å². The molecule has 0 nitrogen and oxygen atoms in total. The summed E-state index contributed by atoms with van der Waals surface area (Å²) in [6.45, 7) is 0. The number of benzene rings is 2. The van der Waals surface area contributed by atoms with Crippen molar-refractivity contribution in [2.45, 2.75) is 10.4 Å². The molecule has 0 fully saturated rings. The van der Waals surface area contributed by atoms with Crippen molar-refractivity contribution in [3.05, 3.63) is 51.1 Å². The van der Waals surface area contributed by atoms with Crippen molar-refractivity contribution in [1.29, 1.82) is 0 Å². The van der Waals surface area contributed by atoms with Gasteiger partial charge in [0.05, 0.1) is 5.02 Å². The highest BCUT2D eigenvalue weighted by Gasteiger charge is 2.29.